The number of allylic oxidation sites excluding steroid dienone is 4. The molecule has 0 unspecified atom stereocenters. The van der Waals surface area contributed by atoms with Gasteiger partial charge in [0.15, 0.2) is 11.4 Å². The highest BCUT2D eigenvalue weighted by atomic mass is 79.9. The first kappa shape index (κ1) is 20.2. The fraction of sp³-hybridized carbons (Fsp3) is 0.714. The molecule has 0 bridgehead atoms. The van der Waals surface area contributed by atoms with Gasteiger partial charge in [0.2, 0.25) is 0 Å². The molecular formula is C21H26BrFO5. The Hall–Kier alpha value is -1.05. The van der Waals surface area contributed by atoms with E-state index >= 15 is 4.39 Å². The van der Waals surface area contributed by atoms with Crippen molar-refractivity contribution in [2.45, 2.75) is 62.2 Å². The second-order valence-electron chi connectivity index (χ2n) is 9.57. The van der Waals surface area contributed by atoms with Crippen LogP contribution in [-0.2, 0) is 9.59 Å². The molecule has 0 spiro atoms. The van der Waals surface area contributed by atoms with Gasteiger partial charge in [0.1, 0.15) is 6.17 Å². The minimum Gasteiger partial charge on any atom is -0.479 e. The summed E-state index contributed by atoms with van der Waals surface area (Å²) in [5, 5.41) is 32.3. The number of rotatable bonds is 1. The minimum atomic E-state index is -1.98. The molecule has 4 aliphatic rings. The van der Waals surface area contributed by atoms with Crippen molar-refractivity contribution in [3.8, 4) is 0 Å². The van der Waals surface area contributed by atoms with Crippen molar-refractivity contribution < 1.29 is 29.3 Å². The normalized spacial score (nSPS) is 55.2. The Kier molecular flexibility index (Phi) is 4.16. The Bertz CT molecular complexity index is 826. The number of carboxylic acids is 1. The quantitative estimate of drug-likeness (QED) is 0.527. The van der Waals surface area contributed by atoms with Crippen molar-refractivity contribution in [3.05, 3.63) is 23.8 Å². The predicted molar refractivity (Wildman–Crippen MR) is 104 cm³/mol. The van der Waals surface area contributed by atoms with Gasteiger partial charge >= 0.3 is 5.97 Å². The fourth-order valence-corrected chi connectivity index (χ4v) is 8.02. The van der Waals surface area contributed by atoms with Gasteiger partial charge in [0, 0.05) is 10.8 Å². The minimum absolute atomic E-state index is 0.0769. The van der Waals surface area contributed by atoms with E-state index in [1.165, 1.54) is 12.2 Å². The molecule has 0 aromatic heterocycles. The summed E-state index contributed by atoms with van der Waals surface area (Å²) in [6.45, 7) is 5.25. The highest BCUT2D eigenvalue weighted by Gasteiger charge is 2.75. The SMILES string of the molecule is C[C@H]1C[C@H]2[C@@H]3C[C@H](F)C4=CC(=O)C=C[C@]4(C)[C@@]3(Br)[C@@H](O)C[C@]2(C)[C@@]1(O)C(=O)O. The van der Waals surface area contributed by atoms with Crippen LogP contribution in [0.1, 0.15) is 40.0 Å². The number of ketones is 1. The molecule has 7 heteroatoms. The van der Waals surface area contributed by atoms with Crippen LogP contribution in [0.2, 0.25) is 0 Å². The van der Waals surface area contributed by atoms with Gasteiger partial charge in [-0.3, -0.25) is 4.79 Å². The van der Waals surface area contributed by atoms with Gasteiger partial charge in [-0.05, 0) is 54.7 Å². The lowest BCUT2D eigenvalue weighted by atomic mass is 9.46. The predicted octanol–water partition coefficient (Wildman–Crippen LogP) is 2.79. The van der Waals surface area contributed by atoms with Gasteiger partial charge < -0.3 is 15.3 Å². The number of halogens is 2. The first-order valence-electron chi connectivity index (χ1n) is 9.76. The Balaban J connectivity index is 1.88. The summed E-state index contributed by atoms with van der Waals surface area (Å²) in [5.74, 6) is -2.76. The van der Waals surface area contributed by atoms with Crippen LogP contribution in [0.3, 0.4) is 0 Å². The molecule has 28 heavy (non-hydrogen) atoms. The number of hydrogen-bond donors (Lipinski definition) is 3. The third kappa shape index (κ3) is 2.03. The molecule has 0 radical (unpaired) electrons. The van der Waals surface area contributed by atoms with Crippen LogP contribution in [0.5, 0.6) is 0 Å². The van der Waals surface area contributed by atoms with Crippen molar-refractivity contribution in [2.75, 3.05) is 0 Å². The number of fused-ring (bicyclic) bond motifs is 5. The van der Waals surface area contributed by atoms with Crippen molar-refractivity contribution in [1.82, 2.24) is 0 Å². The summed E-state index contributed by atoms with van der Waals surface area (Å²) in [7, 11) is 0. The molecule has 4 aliphatic carbocycles. The number of alkyl halides is 2. The number of aliphatic carboxylic acids is 1. The lowest BCUT2D eigenvalue weighted by molar-refractivity contribution is -0.194. The van der Waals surface area contributed by atoms with E-state index in [9.17, 15) is 24.9 Å². The van der Waals surface area contributed by atoms with Gasteiger partial charge in [-0.15, -0.1) is 0 Å². The molecule has 9 atom stereocenters. The lowest BCUT2D eigenvalue weighted by Crippen LogP contribution is -2.69. The largest absolute Gasteiger partial charge is 0.479 e. The van der Waals surface area contributed by atoms with E-state index in [4.69, 9.17) is 0 Å². The van der Waals surface area contributed by atoms with Gasteiger partial charge in [-0.2, -0.15) is 0 Å². The summed E-state index contributed by atoms with van der Waals surface area (Å²) in [6, 6.07) is 0. The second kappa shape index (κ2) is 5.76. The zero-order valence-electron chi connectivity index (χ0n) is 16.2. The van der Waals surface area contributed by atoms with E-state index in [1.54, 1.807) is 19.9 Å². The molecule has 0 aromatic carbocycles. The van der Waals surface area contributed by atoms with Crippen LogP contribution < -0.4 is 0 Å². The molecular weight excluding hydrogens is 431 g/mol. The Morgan fingerprint density at radius 3 is 2.54 bits per heavy atom. The summed E-state index contributed by atoms with van der Waals surface area (Å²) < 4.78 is 14.4. The molecule has 0 saturated heterocycles. The molecule has 0 heterocycles. The summed E-state index contributed by atoms with van der Waals surface area (Å²) in [6.07, 6.45) is 2.62. The summed E-state index contributed by atoms with van der Waals surface area (Å²) in [5.41, 5.74) is -3.62. The van der Waals surface area contributed by atoms with Crippen molar-refractivity contribution in [3.63, 3.8) is 0 Å². The monoisotopic (exact) mass is 456 g/mol. The van der Waals surface area contributed by atoms with E-state index in [2.05, 4.69) is 15.9 Å². The molecule has 0 amide bonds. The Morgan fingerprint density at radius 1 is 1.29 bits per heavy atom. The van der Waals surface area contributed by atoms with Gasteiger partial charge in [-0.1, -0.05) is 42.8 Å². The molecule has 4 rings (SSSR count). The molecule has 5 nitrogen and oxygen atoms in total. The maximum Gasteiger partial charge on any atom is 0.336 e. The van der Waals surface area contributed by atoms with Crippen LogP contribution >= 0.6 is 15.9 Å². The second-order valence-corrected chi connectivity index (χ2v) is 10.9. The lowest BCUT2D eigenvalue weighted by Gasteiger charge is -2.64. The highest BCUT2D eigenvalue weighted by molar-refractivity contribution is 9.10. The molecule has 3 saturated carbocycles. The first-order chi connectivity index (χ1) is 12.8. The topological polar surface area (TPSA) is 94.8 Å². The number of carbonyl (C=O) groups excluding carboxylic acids is 1. The van der Waals surface area contributed by atoms with Gasteiger partial charge in [-0.25, -0.2) is 9.18 Å². The third-order valence-electron chi connectivity index (χ3n) is 8.54. The van der Waals surface area contributed by atoms with E-state index in [0.717, 1.165) is 0 Å². The zero-order chi connectivity index (χ0) is 20.9. The average molecular weight is 457 g/mol. The zero-order valence-corrected chi connectivity index (χ0v) is 17.7. The fourth-order valence-electron chi connectivity index (χ4n) is 7.00. The Labute approximate surface area is 171 Å². The standard InChI is InChI=1S/C21H26BrFO5/c1-10-6-12-13-8-15(23)14-7-11(24)4-5-18(14,2)20(13,22)16(25)9-19(12,3)21(10,28)17(26)27/h4-5,7,10,12-13,15-16,25,28H,6,8-9H2,1-3H3,(H,26,27)/t10-,12-,13-,15-,16-,18-,19-,20-,21-/m0/s1. The summed E-state index contributed by atoms with van der Waals surface area (Å²) >= 11 is 3.79. The van der Waals surface area contributed by atoms with Crippen LogP contribution in [0, 0.1) is 28.6 Å². The van der Waals surface area contributed by atoms with Crippen molar-refractivity contribution >= 4 is 27.7 Å². The van der Waals surface area contributed by atoms with E-state index in [0.29, 0.717) is 12.0 Å². The number of aliphatic hydroxyl groups is 2. The van der Waals surface area contributed by atoms with Crippen molar-refractivity contribution in [1.29, 1.82) is 0 Å². The molecule has 3 N–H and O–H groups in total. The van der Waals surface area contributed by atoms with Crippen molar-refractivity contribution in [2.24, 2.45) is 28.6 Å². The third-order valence-corrected chi connectivity index (χ3v) is 10.5. The number of aliphatic hydroxyl groups excluding tert-OH is 1. The van der Waals surface area contributed by atoms with E-state index < -0.39 is 50.8 Å². The maximum absolute atomic E-state index is 15.3. The van der Waals surface area contributed by atoms with Crippen LogP contribution in [0.25, 0.3) is 0 Å². The smallest absolute Gasteiger partial charge is 0.336 e. The van der Waals surface area contributed by atoms with E-state index in [1.807, 2.05) is 6.92 Å². The van der Waals surface area contributed by atoms with E-state index in [-0.39, 0.29) is 24.5 Å². The van der Waals surface area contributed by atoms with Crippen LogP contribution in [0.4, 0.5) is 4.39 Å². The van der Waals surface area contributed by atoms with Gasteiger partial charge in [0.25, 0.3) is 0 Å². The van der Waals surface area contributed by atoms with Gasteiger partial charge in [0.05, 0.1) is 10.4 Å². The van der Waals surface area contributed by atoms with Crippen LogP contribution in [0.15, 0.2) is 23.8 Å². The molecule has 0 aliphatic heterocycles. The Morgan fingerprint density at radius 2 is 1.93 bits per heavy atom. The summed E-state index contributed by atoms with van der Waals surface area (Å²) in [4.78, 5) is 23.9. The number of carbonyl (C=O) groups is 2. The van der Waals surface area contributed by atoms with Crippen LogP contribution in [-0.4, -0.2) is 49.3 Å². The highest BCUT2D eigenvalue weighted by Crippen LogP contribution is 2.72. The molecule has 154 valence electrons. The first-order valence-corrected chi connectivity index (χ1v) is 10.6. The maximum atomic E-state index is 15.3. The number of carboxylic acid groups (broad SMARTS) is 1. The molecule has 3 fully saturated rings. The number of hydrogen-bond acceptors (Lipinski definition) is 4. The average Bonchev–Trinajstić information content (AvgIpc) is 2.81. The molecule has 0 aromatic rings.